The number of benzene rings is 1. The van der Waals surface area contributed by atoms with Gasteiger partial charge < -0.3 is 5.11 Å². The first kappa shape index (κ1) is 11.9. The molecular formula is C11H9BrClFO2. The second-order valence-corrected chi connectivity index (χ2v) is 5.16. The SMILES string of the molecule is O=C(O)C1(c2ccc(Cl)c(F)c2Br)CCC1. The fourth-order valence-corrected chi connectivity index (χ4v) is 3.02. The topological polar surface area (TPSA) is 37.3 Å². The zero-order valence-electron chi connectivity index (χ0n) is 8.27. The van der Waals surface area contributed by atoms with Gasteiger partial charge in [0.05, 0.1) is 14.9 Å². The second kappa shape index (κ2) is 4.00. The number of carbonyl (C=O) groups is 1. The molecule has 0 radical (unpaired) electrons. The van der Waals surface area contributed by atoms with E-state index in [0.717, 1.165) is 6.42 Å². The van der Waals surface area contributed by atoms with Gasteiger partial charge in [-0.2, -0.15) is 0 Å². The van der Waals surface area contributed by atoms with Gasteiger partial charge in [-0.3, -0.25) is 4.79 Å². The van der Waals surface area contributed by atoms with Gasteiger partial charge in [0.2, 0.25) is 0 Å². The van der Waals surface area contributed by atoms with Crippen LogP contribution in [0.2, 0.25) is 5.02 Å². The number of rotatable bonds is 2. The number of carboxylic acid groups (broad SMARTS) is 1. The Labute approximate surface area is 106 Å². The van der Waals surface area contributed by atoms with E-state index in [0.29, 0.717) is 18.4 Å². The van der Waals surface area contributed by atoms with Crippen LogP contribution in [0.4, 0.5) is 4.39 Å². The molecule has 2 nitrogen and oxygen atoms in total. The van der Waals surface area contributed by atoms with Crippen molar-refractivity contribution in [3.8, 4) is 0 Å². The lowest BCUT2D eigenvalue weighted by atomic mass is 9.64. The van der Waals surface area contributed by atoms with Gasteiger partial charge in [0.15, 0.2) is 5.82 Å². The normalized spacial score (nSPS) is 17.9. The summed E-state index contributed by atoms with van der Waals surface area (Å²) in [5.41, 5.74) is -0.460. The monoisotopic (exact) mass is 306 g/mol. The summed E-state index contributed by atoms with van der Waals surface area (Å²) in [7, 11) is 0. The van der Waals surface area contributed by atoms with Gasteiger partial charge in [-0.05, 0) is 40.4 Å². The minimum atomic E-state index is -0.940. The summed E-state index contributed by atoms with van der Waals surface area (Å²) in [5.74, 6) is -1.49. The zero-order valence-corrected chi connectivity index (χ0v) is 10.6. The first-order valence-electron chi connectivity index (χ1n) is 4.86. The van der Waals surface area contributed by atoms with E-state index < -0.39 is 17.2 Å². The van der Waals surface area contributed by atoms with E-state index in [1.54, 1.807) is 6.07 Å². The second-order valence-electron chi connectivity index (χ2n) is 3.96. The number of aliphatic carboxylic acids is 1. The molecule has 1 N–H and O–H groups in total. The molecule has 0 aliphatic heterocycles. The molecule has 5 heteroatoms. The highest BCUT2D eigenvalue weighted by molar-refractivity contribution is 9.10. The van der Waals surface area contributed by atoms with Crippen LogP contribution in [0.25, 0.3) is 0 Å². The summed E-state index contributed by atoms with van der Waals surface area (Å²) in [6.45, 7) is 0. The summed E-state index contributed by atoms with van der Waals surface area (Å²) in [6.07, 6.45) is 1.94. The molecule has 1 aliphatic rings. The molecule has 86 valence electrons. The standard InChI is InChI=1S/C11H9BrClFO2/c12-8-6(2-3-7(13)9(8)14)11(10(15)16)4-1-5-11/h2-3H,1,4-5H2,(H,15,16). The summed E-state index contributed by atoms with van der Waals surface area (Å²) in [5, 5.41) is 9.24. The molecule has 2 rings (SSSR count). The molecule has 0 aromatic heterocycles. The van der Waals surface area contributed by atoms with Gasteiger partial charge in [0.25, 0.3) is 0 Å². The van der Waals surface area contributed by atoms with Crippen LogP contribution in [0.15, 0.2) is 16.6 Å². The summed E-state index contributed by atoms with van der Waals surface area (Å²) in [6, 6.07) is 2.99. The quantitative estimate of drug-likeness (QED) is 0.845. The van der Waals surface area contributed by atoms with Crippen LogP contribution in [0, 0.1) is 5.82 Å². The largest absolute Gasteiger partial charge is 0.481 e. The molecule has 0 saturated heterocycles. The van der Waals surface area contributed by atoms with E-state index in [1.807, 2.05) is 0 Å². The van der Waals surface area contributed by atoms with Crippen LogP contribution < -0.4 is 0 Å². The Hall–Kier alpha value is -0.610. The van der Waals surface area contributed by atoms with Crippen LogP contribution in [-0.4, -0.2) is 11.1 Å². The maximum atomic E-state index is 13.6. The highest BCUT2D eigenvalue weighted by atomic mass is 79.9. The minimum absolute atomic E-state index is 0.00418. The van der Waals surface area contributed by atoms with Crippen molar-refractivity contribution < 1.29 is 14.3 Å². The maximum Gasteiger partial charge on any atom is 0.314 e. The molecule has 1 fully saturated rings. The van der Waals surface area contributed by atoms with Crippen molar-refractivity contribution in [2.45, 2.75) is 24.7 Å². The van der Waals surface area contributed by atoms with Crippen molar-refractivity contribution in [1.82, 2.24) is 0 Å². The number of hydrogen-bond donors (Lipinski definition) is 1. The molecule has 0 heterocycles. The van der Waals surface area contributed by atoms with Crippen molar-refractivity contribution in [2.24, 2.45) is 0 Å². The van der Waals surface area contributed by atoms with Crippen LogP contribution in [0.1, 0.15) is 24.8 Å². The van der Waals surface area contributed by atoms with Crippen LogP contribution >= 0.6 is 27.5 Å². The molecular weight excluding hydrogens is 298 g/mol. The Morgan fingerprint density at radius 2 is 2.12 bits per heavy atom. The Morgan fingerprint density at radius 1 is 1.50 bits per heavy atom. The van der Waals surface area contributed by atoms with E-state index in [4.69, 9.17) is 11.6 Å². The van der Waals surface area contributed by atoms with Crippen molar-refractivity contribution >= 4 is 33.5 Å². The average molecular weight is 308 g/mol. The summed E-state index contributed by atoms with van der Waals surface area (Å²) in [4.78, 5) is 11.3. The van der Waals surface area contributed by atoms with Gasteiger partial charge in [-0.1, -0.05) is 24.1 Å². The fraction of sp³-hybridized carbons (Fsp3) is 0.364. The van der Waals surface area contributed by atoms with Crippen molar-refractivity contribution in [1.29, 1.82) is 0 Å². The van der Waals surface area contributed by atoms with Crippen LogP contribution in [0.5, 0.6) is 0 Å². The molecule has 1 aliphatic carbocycles. The van der Waals surface area contributed by atoms with Gasteiger partial charge in [-0.15, -0.1) is 0 Å². The van der Waals surface area contributed by atoms with Crippen molar-refractivity contribution in [3.63, 3.8) is 0 Å². The Balaban J connectivity index is 2.56. The van der Waals surface area contributed by atoms with E-state index in [9.17, 15) is 14.3 Å². The number of carboxylic acids is 1. The highest BCUT2D eigenvalue weighted by Gasteiger charge is 2.47. The number of halogens is 3. The molecule has 1 aromatic carbocycles. The molecule has 0 amide bonds. The average Bonchev–Trinajstić information content (AvgIpc) is 2.16. The van der Waals surface area contributed by atoms with E-state index in [-0.39, 0.29) is 9.50 Å². The third-order valence-electron chi connectivity index (χ3n) is 3.17. The zero-order chi connectivity index (χ0) is 11.9. The smallest absolute Gasteiger partial charge is 0.314 e. The van der Waals surface area contributed by atoms with Gasteiger partial charge in [0, 0.05) is 0 Å². The van der Waals surface area contributed by atoms with E-state index in [2.05, 4.69) is 15.9 Å². The first-order valence-corrected chi connectivity index (χ1v) is 6.03. The third-order valence-corrected chi connectivity index (χ3v) is 4.23. The summed E-state index contributed by atoms with van der Waals surface area (Å²) < 4.78 is 13.7. The maximum absolute atomic E-state index is 13.6. The van der Waals surface area contributed by atoms with Crippen molar-refractivity contribution in [3.05, 3.63) is 33.0 Å². The first-order chi connectivity index (χ1) is 7.49. The number of hydrogen-bond acceptors (Lipinski definition) is 1. The third kappa shape index (κ3) is 1.55. The molecule has 0 atom stereocenters. The minimum Gasteiger partial charge on any atom is -0.481 e. The molecule has 0 spiro atoms. The molecule has 1 aromatic rings. The van der Waals surface area contributed by atoms with Gasteiger partial charge >= 0.3 is 5.97 Å². The molecule has 1 saturated carbocycles. The molecule has 0 unspecified atom stereocenters. The van der Waals surface area contributed by atoms with Gasteiger partial charge in [0.1, 0.15) is 0 Å². The Kier molecular flexibility index (Phi) is 2.97. The predicted molar refractivity (Wildman–Crippen MR) is 62.3 cm³/mol. The molecule has 16 heavy (non-hydrogen) atoms. The fourth-order valence-electron chi connectivity index (χ4n) is 2.02. The van der Waals surface area contributed by atoms with E-state index in [1.165, 1.54) is 6.07 Å². The van der Waals surface area contributed by atoms with Crippen LogP contribution in [-0.2, 0) is 10.2 Å². The van der Waals surface area contributed by atoms with Gasteiger partial charge in [-0.25, -0.2) is 4.39 Å². The van der Waals surface area contributed by atoms with Crippen molar-refractivity contribution in [2.75, 3.05) is 0 Å². The molecule has 0 bridgehead atoms. The summed E-state index contributed by atoms with van der Waals surface area (Å²) >= 11 is 8.71. The van der Waals surface area contributed by atoms with E-state index >= 15 is 0 Å². The highest BCUT2D eigenvalue weighted by Crippen LogP contribution is 2.47. The van der Waals surface area contributed by atoms with Crippen LogP contribution in [0.3, 0.4) is 0 Å². The Bertz CT molecular complexity index is 458. The lowest BCUT2D eigenvalue weighted by molar-refractivity contribution is -0.147. The lowest BCUT2D eigenvalue weighted by Gasteiger charge is -2.38. The Morgan fingerprint density at radius 3 is 2.56 bits per heavy atom. The lowest BCUT2D eigenvalue weighted by Crippen LogP contribution is -2.42. The predicted octanol–water partition coefficient (Wildman–Crippen LogP) is 3.75.